The molecule has 1 atom stereocenters. The Balaban J connectivity index is 1.49. The zero-order valence-corrected chi connectivity index (χ0v) is 13.5. The normalized spacial score (nSPS) is 20.9. The van der Waals surface area contributed by atoms with Gasteiger partial charge in [-0.2, -0.15) is 0 Å². The molecule has 120 valence electrons. The van der Waals surface area contributed by atoms with Gasteiger partial charge in [-0.25, -0.2) is 0 Å². The molecule has 2 fully saturated rings. The molecule has 7 heteroatoms. The third-order valence-electron chi connectivity index (χ3n) is 4.59. The van der Waals surface area contributed by atoms with Gasteiger partial charge in [0, 0.05) is 31.1 Å². The number of likely N-dealkylation sites (tertiary alicyclic amines) is 1. The van der Waals surface area contributed by atoms with Crippen LogP contribution in [0.3, 0.4) is 0 Å². The lowest BCUT2D eigenvalue weighted by Gasteiger charge is -2.24. The molecule has 1 saturated carbocycles. The Labute approximate surface area is 139 Å². The Morgan fingerprint density at radius 2 is 2.22 bits per heavy atom. The van der Waals surface area contributed by atoms with Crippen molar-refractivity contribution in [1.82, 2.24) is 24.9 Å². The molecule has 1 amide bonds. The number of carbonyl (C=O) groups excluding carboxylic acids is 1. The van der Waals surface area contributed by atoms with Crippen molar-refractivity contribution in [2.75, 3.05) is 6.54 Å². The summed E-state index contributed by atoms with van der Waals surface area (Å²) < 4.78 is 1.87. The van der Waals surface area contributed by atoms with E-state index in [1.165, 1.54) is 19.0 Å². The second-order valence-electron chi connectivity index (χ2n) is 6.29. The van der Waals surface area contributed by atoms with Crippen molar-refractivity contribution in [3.05, 3.63) is 40.9 Å². The first-order valence-electron chi connectivity index (χ1n) is 8.03. The molecule has 2 aromatic heterocycles. The van der Waals surface area contributed by atoms with Crippen molar-refractivity contribution < 1.29 is 4.79 Å². The van der Waals surface area contributed by atoms with Crippen LogP contribution in [0.5, 0.6) is 0 Å². The lowest BCUT2D eigenvalue weighted by molar-refractivity contribution is 0.0721. The molecule has 1 saturated heterocycles. The monoisotopic (exact) mass is 331 g/mol. The summed E-state index contributed by atoms with van der Waals surface area (Å²) in [5.74, 6) is 0.572. The predicted octanol–water partition coefficient (Wildman–Crippen LogP) is 2.51. The van der Waals surface area contributed by atoms with Gasteiger partial charge in [0.05, 0.1) is 28.9 Å². The summed E-state index contributed by atoms with van der Waals surface area (Å²) in [5, 5.41) is 8.86. The molecule has 0 N–H and O–H groups in total. The largest absolute Gasteiger partial charge is 0.334 e. The van der Waals surface area contributed by atoms with Crippen LogP contribution in [0, 0.1) is 0 Å². The Hall–Kier alpha value is -1.95. The standard InChI is InChI=1S/C16H18ClN5O/c17-14-8-18-6-5-13(14)16(23)22-7-1-2-12(22)9-21-10-15(19-20-21)11-3-4-11/h5-6,8,10-12H,1-4,7,9H2/t12-/m0/s1. The van der Waals surface area contributed by atoms with Gasteiger partial charge in [-0.05, 0) is 31.7 Å². The van der Waals surface area contributed by atoms with Crippen LogP contribution < -0.4 is 0 Å². The number of carbonyl (C=O) groups is 1. The fourth-order valence-electron chi connectivity index (χ4n) is 3.18. The highest BCUT2D eigenvalue weighted by Crippen LogP contribution is 2.38. The molecule has 2 aliphatic rings. The maximum atomic E-state index is 12.8. The van der Waals surface area contributed by atoms with Crippen molar-refractivity contribution in [3.8, 4) is 0 Å². The van der Waals surface area contributed by atoms with E-state index in [0.717, 1.165) is 25.1 Å². The second-order valence-corrected chi connectivity index (χ2v) is 6.70. The van der Waals surface area contributed by atoms with Crippen LogP contribution in [0.2, 0.25) is 5.02 Å². The minimum Gasteiger partial charge on any atom is -0.334 e. The fraction of sp³-hybridized carbons (Fsp3) is 0.500. The van der Waals surface area contributed by atoms with Crippen LogP contribution in [0.1, 0.15) is 47.7 Å². The molecule has 2 aromatic rings. The molecule has 6 nitrogen and oxygen atoms in total. The average molecular weight is 332 g/mol. The zero-order valence-electron chi connectivity index (χ0n) is 12.7. The van der Waals surface area contributed by atoms with E-state index in [4.69, 9.17) is 11.6 Å². The van der Waals surface area contributed by atoms with Gasteiger partial charge in [0.25, 0.3) is 5.91 Å². The van der Waals surface area contributed by atoms with Crippen LogP contribution in [0.15, 0.2) is 24.7 Å². The van der Waals surface area contributed by atoms with Gasteiger partial charge < -0.3 is 4.90 Å². The molecule has 0 radical (unpaired) electrons. The molecule has 0 spiro atoms. The van der Waals surface area contributed by atoms with Gasteiger partial charge >= 0.3 is 0 Å². The van der Waals surface area contributed by atoms with Gasteiger partial charge in [0.15, 0.2) is 0 Å². The number of pyridine rings is 1. The third-order valence-corrected chi connectivity index (χ3v) is 4.89. The Kier molecular flexibility index (Phi) is 3.77. The lowest BCUT2D eigenvalue weighted by Crippen LogP contribution is -2.38. The molecule has 0 bridgehead atoms. The van der Waals surface area contributed by atoms with Crippen molar-refractivity contribution in [2.24, 2.45) is 0 Å². The van der Waals surface area contributed by atoms with Gasteiger partial charge in [0.2, 0.25) is 0 Å². The summed E-state index contributed by atoms with van der Waals surface area (Å²) in [6.45, 7) is 1.44. The van der Waals surface area contributed by atoms with Crippen molar-refractivity contribution in [2.45, 2.75) is 44.2 Å². The van der Waals surface area contributed by atoms with E-state index in [2.05, 4.69) is 15.3 Å². The van der Waals surface area contributed by atoms with Crippen LogP contribution in [0.25, 0.3) is 0 Å². The van der Waals surface area contributed by atoms with E-state index in [1.54, 1.807) is 12.3 Å². The maximum Gasteiger partial charge on any atom is 0.255 e. The molecular formula is C16H18ClN5O. The Morgan fingerprint density at radius 3 is 3.00 bits per heavy atom. The van der Waals surface area contributed by atoms with Crippen molar-refractivity contribution in [1.29, 1.82) is 0 Å². The van der Waals surface area contributed by atoms with E-state index in [0.29, 0.717) is 23.0 Å². The van der Waals surface area contributed by atoms with Crippen LogP contribution in [0.4, 0.5) is 0 Å². The molecule has 1 aliphatic carbocycles. The molecular weight excluding hydrogens is 314 g/mol. The first-order valence-corrected chi connectivity index (χ1v) is 8.40. The highest BCUT2D eigenvalue weighted by molar-refractivity contribution is 6.33. The third kappa shape index (κ3) is 2.95. The molecule has 1 aliphatic heterocycles. The van der Waals surface area contributed by atoms with E-state index in [-0.39, 0.29) is 11.9 Å². The Morgan fingerprint density at radius 1 is 1.35 bits per heavy atom. The first kappa shape index (κ1) is 14.6. The first-order chi connectivity index (χ1) is 11.2. The van der Waals surface area contributed by atoms with Gasteiger partial charge in [0.1, 0.15) is 0 Å². The summed E-state index contributed by atoms with van der Waals surface area (Å²) >= 11 is 6.11. The summed E-state index contributed by atoms with van der Waals surface area (Å²) in [5.41, 5.74) is 1.60. The van der Waals surface area contributed by atoms with Crippen molar-refractivity contribution in [3.63, 3.8) is 0 Å². The number of amides is 1. The SMILES string of the molecule is O=C(c1ccncc1Cl)N1CCC[C@H]1Cn1cc(C2CC2)nn1. The quantitative estimate of drug-likeness (QED) is 0.863. The van der Waals surface area contributed by atoms with Crippen molar-refractivity contribution >= 4 is 17.5 Å². The molecule has 0 aromatic carbocycles. The number of hydrogen-bond acceptors (Lipinski definition) is 4. The number of aromatic nitrogens is 4. The van der Waals surface area contributed by atoms with E-state index in [1.807, 2.05) is 15.8 Å². The zero-order chi connectivity index (χ0) is 15.8. The fourth-order valence-corrected chi connectivity index (χ4v) is 3.38. The van der Waals surface area contributed by atoms with Crippen LogP contribution in [-0.2, 0) is 6.54 Å². The van der Waals surface area contributed by atoms with Gasteiger partial charge in [-0.1, -0.05) is 16.8 Å². The molecule has 3 heterocycles. The summed E-state index contributed by atoms with van der Waals surface area (Å²) in [4.78, 5) is 18.6. The van der Waals surface area contributed by atoms with E-state index < -0.39 is 0 Å². The Bertz CT molecular complexity index is 727. The van der Waals surface area contributed by atoms with E-state index >= 15 is 0 Å². The summed E-state index contributed by atoms with van der Waals surface area (Å²) in [7, 11) is 0. The van der Waals surface area contributed by atoms with Crippen LogP contribution in [-0.4, -0.2) is 43.4 Å². The second kappa shape index (κ2) is 5.92. The summed E-state index contributed by atoms with van der Waals surface area (Å²) in [6.07, 6.45) is 9.55. The number of hydrogen-bond donors (Lipinski definition) is 0. The van der Waals surface area contributed by atoms with Crippen LogP contribution >= 0.6 is 11.6 Å². The summed E-state index contributed by atoms with van der Waals surface area (Å²) in [6, 6.07) is 1.82. The maximum absolute atomic E-state index is 12.8. The van der Waals surface area contributed by atoms with Gasteiger partial charge in [-0.15, -0.1) is 5.10 Å². The number of nitrogens with zero attached hydrogens (tertiary/aromatic N) is 5. The predicted molar refractivity (Wildman–Crippen MR) is 85.3 cm³/mol. The molecule has 4 rings (SSSR count). The number of rotatable bonds is 4. The average Bonchev–Trinajstić information content (AvgIpc) is 3.13. The number of halogens is 1. The van der Waals surface area contributed by atoms with E-state index in [9.17, 15) is 4.79 Å². The minimum absolute atomic E-state index is 0.0255. The van der Waals surface area contributed by atoms with Gasteiger partial charge in [-0.3, -0.25) is 14.5 Å². The topological polar surface area (TPSA) is 63.9 Å². The molecule has 0 unspecified atom stereocenters. The minimum atomic E-state index is -0.0255. The highest BCUT2D eigenvalue weighted by atomic mass is 35.5. The lowest BCUT2D eigenvalue weighted by atomic mass is 10.2. The highest BCUT2D eigenvalue weighted by Gasteiger charge is 2.32. The molecule has 23 heavy (non-hydrogen) atoms. The smallest absolute Gasteiger partial charge is 0.255 e.